The van der Waals surface area contributed by atoms with Crippen LogP contribution in [0, 0.1) is 0 Å². The Bertz CT molecular complexity index is 1200. The van der Waals surface area contributed by atoms with E-state index in [1.165, 1.54) is 231 Å². The average molecular weight is 980 g/mol. The molecule has 0 bridgehead atoms. The van der Waals surface area contributed by atoms with Crippen LogP contribution in [0.3, 0.4) is 0 Å². The molecule has 5 nitrogen and oxygen atoms in total. The van der Waals surface area contributed by atoms with E-state index >= 15 is 0 Å². The number of allylic oxidation sites excluding steroid dienone is 10. The zero-order valence-electron chi connectivity index (χ0n) is 46.8. The van der Waals surface area contributed by atoms with Crippen LogP contribution in [0.25, 0.3) is 0 Å². The Morgan fingerprint density at radius 1 is 0.343 bits per heavy atom. The van der Waals surface area contributed by atoms with Crippen LogP contribution in [0.15, 0.2) is 60.8 Å². The van der Waals surface area contributed by atoms with Gasteiger partial charge in [-0.3, -0.25) is 9.59 Å². The molecule has 1 atom stereocenters. The fourth-order valence-corrected chi connectivity index (χ4v) is 9.19. The van der Waals surface area contributed by atoms with Crippen LogP contribution in [0.5, 0.6) is 0 Å². The van der Waals surface area contributed by atoms with E-state index in [-0.39, 0.29) is 25.2 Å². The predicted molar refractivity (Wildman–Crippen MR) is 307 cm³/mol. The molecule has 0 saturated carbocycles. The lowest BCUT2D eigenvalue weighted by molar-refractivity contribution is -0.161. The fraction of sp³-hybridized carbons (Fsp3) is 0.815. The van der Waals surface area contributed by atoms with Gasteiger partial charge < -0.3 is 14.6 Å². The average Bonchev–Trinajstić information content (AvgIpc) is 3.36. The van der Waals surface area contributed by atoms with Gasteiger partial charge in [0.25, 0.3) is 0 Å². The zero-order valence-corrected chi connectivity index (χ0v) is 46.8. The van der Waals surface area contributed by atoms with E-state index in [0.717, 1.165) is 64.2 Å². The van der Waals surface area contributed by atoms with E-state index in [9.17, 15) is 14.7 Å². The largest absolute Gasteiger partial charge is 0.462 e. The topological polar surface area (TPSA) is 72.8 Å². The van der Waals surface area contributed by atoms with Crippen molar-refractivity contribution in [3.63, 3.8) is 0 Å². The van der Waals surface area contributed by atoms with Crippen molar-refractivity contribution < 1.29 is 24.2 Å². The van der Waals surface area contributed by atoms with Gasteiger partial charge in [-0.2, -0.15) is 0 Å². The summed E-state index contributed by atoms with van der Waals surface area (Å²) in [7, 11) is 0. The van der Waals surface area contributed by atoms with E-state index in [2.05, 4.69) is 74.6 Å². The molecule has 0 heterocycles. The van der Waals surface area contributed by atoms with Gasteiger partial charge in [-0.1, -0.05) is 293 Å². The summed E-state index contributed by atoms with van der Waals surface area (Å²) in [5.74, 6) is -0.580. The highest BCUT2D eigenvalue weighted by Crippen LogP contribution is 2.18. The van der Waals surface area contributed by atoms with Gasteiger partial charge in [-0.25, -0.2) is 0 Å². The molecule has 0 aromatic rings. The number of aliphatic hydroxyl groups is 1. The minimum atomic E-state index is -0.772. The van der Waals surface area contributed by atoms with E-state index in [0.29, 0.717) is 12.8 Å². The number of rotatable bonds is 57. The molecule has 70 heavy (non-hydrogen) atoms. The van der Waals surface area contributed by atoms with Crippen molar-refractivity contribution in [3.8, 4) is 0 Å². The van der Waals surface area contributed by atoms with Crippen molar-refractivity contribution in [2.75, 3.05) is 13.2 Å². The summed E-state index contributed by atoms with van der Waals surface area (Å²) in [6.07, 6.45) is 82.3. The SMILES string of the molecule is CC/C=C\C/C=C\C/C=C\C/C=C\CCCCCCCCCCCCCCCCCCCCCCCCCCCCC(=O)OC(CO)COC(=O)CCCCCCCCC/C=C\CCCCCCCC. The molecule has 0 saturated heterocycles. The van der Waals surface area contributed by atoms with Crippen LogP contribution in [-0.4, -0.2) is 36.4 Å². The third kappa shape index (κ3) is 58.2. The minimum Gasteiger partial charge on any atom is -0.462 e. The third-order valence-corrected chi connectivity index (χ3v) is 13.8. The quantitative estimate of drug-likeness (QED) is 0.0373. The Kier molecular flexibility index (Phi) is 58.8. The molecule has 0 aromatic carbocycles. The van der Waals surface area contributed by atoms with Gasteiger partial charge in [0.05, 0.1) is 6.61 Å². The second-order valence-electron chi connectivity index (χ2n) is 20.8. The summed E-state index contributed by atoms with van der Waals surface area (Å²) in [4.78, 5) is 24.5. The lowest BCUT2D eigenvalue weighted by atomic mass is 10.0. The van der Waals surface area contributed by atoms with Crippen molar-refractivity contribution in [1.29, 1.82) is 0 Å². The highest BCUT2D eigenvalue weighted by Gasteiger charge is 2.16. The second kappa shape index (κ2) is 60.9. The van der Waals surface area contributed by atoms with Crippen LogP contribution in [-0.2, 0) is 19.1 Å². The Morgan fingerprint density at radius 2 is 0.614 bits per heavy atom. The molecular formula is C65H118O5. The summed E-state index contributed by atoms with van der Waals surface area (Å²) < 4.78 is 10.7. The zero-order chi connectivity index (χ0) is 50.6. The lowest BCUT2D eigenvalue weighted by Crippen LogP contribution is -2.28. The van der Waals surface area contributed by atoms with Crippen LogP contribution in [0.4, 0.5) is 0 Å². The molecule has 0 fully saturated rings. The van der Waals surface area contributed by atoms with Crippen LogP contribution in [0.1, 0.15) is 322 Å². The van der Waals surface area contributed by atoms with Crippen LogP contribution >= 0.6 is 0 Å². The Balaban J connectivity index is 3.39. The van der Waals surface area contributed by atoms with Crippen molar-refractivity contribution in [1.82, 2.24) is 0 Å². The number of aliphatic hydroxyl groups excluding tert-OH is 1. The number of hydrogen-bond acceptors (Lipinski definition) is 5. The number of hydrogen-bond donors (Lipinski definition) is 1. The van der Waals surface area contributed by atoms with Gasteiger partial charge in [0.15, 0.2) is 6.10 Å². The number of unbranched alkanes of at least 4 members (excludes halogenated alkanes) is 39. The fourth-order valence-electron chi connectivity index (χ4n) is 9.19. The highest BCUT2D eigenvalue weighted by atomic mass is 16.6. The molecule has 0 aliphatic carbocycles. The van der Waals surface area contributed by atoms with E-state index in [4.69, 9.17) is 9.47 Å². The van der Waals surface area contributed by atoms with Crippen molar-refractivity contribution in [3.05, 3.63) is 60.8 Å². The van der Waals surface area contributed by atoms with Crippen molar-refractivity contribution in [2.24, 2.45) is 0 Å². The highest BCUT2D eigenvalue weighted by molar-refractivity contribution is 5.70. The number of ether oxygens (including phenoxy) is 2. The maximum atomic E-state index is 12.3. The van der Waals surface area contributed by atoms with E-state index in [1.807, 2.05) is 0 Å². The third-order valence-electron chi connectivity index (χ3n) is 13.8. The molecule has 1 N–H and O–H groups in total. The molecule has 0 aliphatic rings. The normalized spacial score (nSPS) is 12.6. The molecule has 0 aliphatic heterocycles. The van der Waals surface area contributed by atoms with Gasteiger partial charge in [0, 0.05) is 12.8 Å². The molecule has 0 rings (SSSR count). The molecular weight excluding hydrogens is 861 g/mol. The summed E-state index contributed by atoms with van der Waals surface area (Å²) in [6.45, 7) is 4.05. The first kappa shape index (κ1) is 67.6. The monoisotopic (exact) mass is 979 g/mol. The predicted octanol–water partition coefficient (Wildman–Crippen LogP) is 21.0. The van der Waals surface area contributed by atoms with Gasteiger partial charge >= 0.3 is 11.9 Å². The number of carbonyl (C=O) groups excluding carboxylic acids is 2. The molecule has 0 radical (unpaired) electrons. The maximum Gasteiger partial charge on any atom is 0.306 e. The first-order valence-corrected chi connectivity index (χ1v) is 30.8. The molecule has 0 spiro atoms. The van der Waals surface area contributed by atoms with Gasteiger partial charge in [0.2, 0.25) is 0 Å². The lowest BCUT2D eigenvalue weighted by Gasteiger charge is -2.15. The standard InChI is InChI=1S/C65H118O5/c1-3-5-7-9-11-13-15-17-19-21-22-23-24-25-26-27-28-29-30-31-32-33-34-35-36-37-38-39-40-41-42-44-46-48-50-52-54-56-58-60-65(68)70-63(61-66)62-69-64(67)59-57-55-53-51-49-47-45-43-20-18-16-14-12-10-8-6-4-2/h5,7,11,13,17-20,22-23,63,66H,3-4,6,8-10,12,14-16,21,24-62H2,1-2H3/b7-5-,13-11-,19-17-,20-18-,23-22-. The van der Waals surface area contributed by atoms with Gasteiger partial charge in [0.1, 0.15) is 6.61 Å². The molecule has 0 aromatic heterocycles. The summed E-state index contributed by atoms with van der Waals surface area (Å²) in [5.41, 5.74) is 0. The maximum absolute atomic E-state index is 12.3. The van der Waals surface area contributed by atoms with Crippen LogP contribution in [0.2, 0.25) is 0 Å². The second-order valence-corrected chi connectivity index (χ2v) is 20.8. The minimum absolute atomic E-state index is 0.0641. The number of carbonyl (C=O) groups is 2. The van der Waals surface area contributed by atoms with Gasteiger partial charge in [-0.05, 0) is 77.0 Å². The molecule has 408 valence electrons. The smallest absolute Gasteiger partial charge is 0.306 e. The Hall–Kier alpha value is -2.40. The first-order chi connectivity index (χ1) is 34.6. The van der Waals surface area contributed by atoms with Crippen molar-refractivity contribution in [2.45, 2.75) is 328 Å². The Labute approximate surface area is 436 Å². The molecule has 1 unspecified atom stereocenters. The van der Waals surface area contributed by atoms with Crippen LogP contribution < -0.4 is 0 Å². The number of esters is 2. The van der Waals surface area contributed by atoms with Gasteiger partial charge in [-0.15, -0.1) is 0 Å². The summed E-state index contributed by atoms with van der Waals surface area (Å²) >= 11 is 0. The first-order valence-electron chi connectivity index (χ1n) is 30.8. The van der Waals surface area contributed by atoms with E-state index in [1.54, 1.807) is 0 Å². The van der Waals surface area contributed by atoms with Crippen molar-refractivity contribution >= 4 is 11.9 Å². The molecule has 5 heteroatoms. The Morgan fingerprint density at radius 3 is 0.943 bits per heavy atom. The summed E-state index contributed by atoms with van der Waals surface area (Å²) in [5, 5.41) is 9.65. The molecule has 0 amide bonds. The van der Waals surface area contributed by atoms with E-state index < -0.39 is 6.10 Å². The summed E-state index contributed by atoms with van der Waals surface area (Å²) in [6, 6.07) is 0.